The number of carbonyl (C=O) groups is 2. The molecular weight excluding hydrogens is 412 g/mol. The van der Waals surface area contributed by atoms with Crippen LogP contribution in [0.1, 0.15) is 19.8 Å². The molecule has 0 radical (unpaired) electrons. The van der Waals surface area contributed by atoms with Crippen molar-refractivity contribution in [3.8, 4) is 0 Å². The molecule has 0 aliphatic carbocycles. The second kappa shape index (κ2) is 9.53. The van der Waals surface area contributed by atoms with Crippen molar-refractivity contribution in [3.63, 3.8) is 0 Å². The maximum absolute atomic E-state index is 12.5. The zero-order valence-electron chi connectivity index (χ0n) is 16.3. The molecule has 1 aliphatic heterocycles. The van der Waals surface area contributed by atoms with Crippen LogP contribution in [0.5, 0.6) is 0 Å². The van der Waals surface area contributed by atoms with E-state index in [-0.39, 0.29) is 11.6 Å². The minimum Gasteiger partial charge on any atom is -0.452 e. The number of rotatable bonds is 6. The van der Waals surface area contributed by atoms with Gasteiger partial charge in [-0.05, 0) is 38.0 Å². The molecule has 1 aliphatic rings. The number of benzene rings is 1. The van der Waals surface area contributed by atoms with Gasteiger partial charge < -0.3 is 15.0 Å². The summed E-state index contributed by atoms with van der Waals surface area (Å²) in [5.74, 6) is -1.00. The summed E-state index contributed by atoms with van der Waals surface area (Å²) in [5, 5.41) is 14.2. The van der Waals surface area contributed by atoms with Gasteiger partial charge in [0.05, 0.1) is 15.9 Å². The monoisotopic (exact) mass is 432 g/mol. The van der Waals surface area contributed by atoms with Crippen LogP contribution in [0, 0.1) is 16.0 Å². The normalized spacial score (nSPS) is 15.3. The quantitative estimate of drug-likeness (QED) is 0.422. The van der Waals surface area contributed by atoms with Gasteiger partial charge in [0.15, 0.2) is 6.10 Å². The van der Waals surface area contributed by atoms with Crippen LogP contribution in [0.3, 0.4) is 0 Å². The lowest BCUT2D eigenvalue weighted by molar-refractivity contribution is -0.384. The van der Waals surface area contributed by atoms with E-state index >= 15 is 0 Å². The average Bonchev–Trinajstić information content (AvgIpc) is 2.75. The van der Waals surface area contributed by atoms with Crippen LogP contribution in [-0.4, -0.2) is 41.0 Å². The first kappa shape index (κ1) is 21.5. The number of aromatic nitrogens is 1. The molecule has 10 heteroatoms. The summed E-state index contributed by atoms with van der Waals surface area (Å²) in [6.07, 6.45) is 1.39. The lowest BCUT2D eigenvalue weighted by atomic mass is 9.96. The Labute approximate surface area is 178 Å². The van der Waals surface area contributed by atoms with E-state index in [4.69, 9.17) is 16.3 Å². The highest BCUT2D eigenvalue weighted by Crippen LogP contribution is 2.31. The van der Waals surface area contributed by atoms with Crippen molar-refractivity contribution in [1.29, 1.82) is 0 Å². The van der Waals surface area contributed by atoms with E-state index in [0.29, 0.717) is 42.5 Å². The van der Waals surface area contributed by atoms with Crippen molar-refractivity contribution >= 4 is 40.7 Å². The van der Waals surface area contributed by atoms with Gasteiger partial charge in [-0.2, -0.15) is 0 Å². The first-order chi connectivity index (χ1) is 14.3. The molecule has 3 rings (SSSR count). The third-order valence-corrected chi connectivity index (χ3v) is 5.11. The minimum atomic E-state index is -0.983. The van der Waals surface area contributed by atoms with Gasteiger partial charge in [0, 0.05) is 25.4 Å². The number of pyridine rings is 1. The summed E-state index contributed by atoms with van der Waals surface area (Å²) >= 11 is 5.76. The zero-order chi connectivity index (χ0) is 21.7. The fraction of sp³-hybridized carbons (Fsp3) is 0.350. The second-order valence-electron chi connectivity index (χ2n) is 6.94. The van der Waals surface area contributed by atoms with Crippen molar-refractivity contribution in [1.82, 2.24) is 4.98 Å². The molecule has 1 saturated heterocycles. The Morgan fingerprint density at radius 3 is 2.60 bits per heavy atom. The molecule has 2 heterocycles. The first-order valence-corrected chi connectivity index (χ1v) is 9.84. The van der Waals surface area contributed by atoms with Crippen molar-refractivity contribution in [2.75, 3.05) is 23.3 Å². The number of para-hydroxylation sites is 2. The lowest BCUT2D eigenvalue weighted by Gasteiger charge is -2.32. The highest BCUT2D eigenvalue weighted by atomic mass is 35.5. The number of nitrogens with zero attached hydrogens (tertiary/aromatic N) is 3. The van der Waals surface area contributed by atoms with Crippen LogP contribution in [0.15, 0.2) is 42.6 Å². The summed E-state index contributed by atoms with van der Waals surface area (Å²) in [4.78, 5) is 41.4. The van der Waals surface area contributed by atoms with Crippen LogP contribution in [0.25, 0.3) is 0 Å². The Morgan fingerprint density at radius 1 is 1.27 bits per heavy atom. The predicted octanol–water partition coefficient (Wildman–Crippen LogP) is 3.43. The van der Waals surface area contributed by atoms with Gasteiger partial charge in [-0.1, -0.05) is 23.7 Å². The van der Waals surface area contributed by atoms with Crippen LogP contribution < -0.4 is 10.2 Å². The number of hydrogen-bond donors (Lipinski definition) is 1. The molecule has 0 spiro atoms. The predicted molar refractivity (Wildman–Crippen MR) is 111 cm³/mol. The molecular formula is C20H21ClN4O5. The summed E-state index contributed by atoms with van der Waals surface area (Å²) < 4.78 is 5.32. The Hall–Kier alpha value is -3.20. The number of nitrogens with one attached hydrogen (secondary N) is 1. The summed E-state index contributed by atoms with van der Waals surface area (Å²) in [5.41, 5.74) is 0.581. The zero-order valence-corrected chi connectivity index (χ0v) is 17.0. The highest BCUT2D eigenvalue weighted by Gasteiger charge is 2.30. The molecule has 1 atom stereocenters. The van der Waals surface area contributed by atoms with Gasteiger partial charge in [-0.25, -0.2) is 4.98 Å². The standard InChI is InChI=1S/C20H21ClN4O5/c1-13(19(26)23-18-7-6-15(21)12-22-18)30-20(27)14-8-10-24(11-9-14)16-4-2-3-5-17(16)25(28)29/h2-7,12-14H,8-11H2,1H3,(H,22,23,26). The molecule has 0 bridgehead atoms. The van der Waals surface area contributed by atoms with Gasteiger partial charge in [-0.3, -0.25) is 19.7 Å². The summed E-state index contributed by atoms with van der Waals surface area (Å²) in [6.45, 7) is 2.46. The Kier molecular flexibility index (Phi) is 6.83. The molecule has 158 valence electrons. The van der Waals surface area contributed by atoms with E-state index in [1.54, 1.807) is 30.3 Å². The maximum Gasteiger partial charge on any atom is 0.309 e. The second-order valence-corrected chi connectivity index (χ2v) is 7.37. The topological polar surface area (TPSA) is 115 Å². The Morgan fingerprint density at radius 2 is 1.97 bits per heavy atom. The fourth-order valence-electron chi connectivity index (χ4n) is 3.24. The van der Waals surface area contributed by atoms with E-state index in [9.17, 15) is 19.7 Å². The average molecular weight is 433 g/mol. The van der Waals surface area contributed by atoms with E-state index in [1.807, 2.05) is 4.90 Å². The van der Waals surface area contributed by atoms with Gasteiger partial charge in [0.2, 0.25) is 0 Å². The molecule has 1 aromatic carbocycles. The minimum absolute atomic E-state index is 0.0413. The summed E-state index contributed by atoms with van der Waals surface area (Å²) in [7, 11) is 0. The summed E-state index contributed by atoms with van der Waals surface area (Å²) in [6, 6.07) is 9.68. The molecule has 1 fully saturated rings. The Balaban J connectivity index is 1.52. The van der Waals surface area contributed by atoms with Crippen molar-refractivity contribution in [2.45, 2.75) is 25.9 Å². The smallest absolute Gasteiger partial charge is 0.309 e. The maximum atomic E-state index is 12.5. The van der Waals surface area contributed by atoms with E-state index < -0.39 is 22.9 Å². The van der Waals surface area contributed by atoms with Crippen molar-refractivity contribution in [2.24, 2.45) is 5.92 Å². The van der Waals surface area contributed by atoms with E-state index in [0.717, 1.165) is 0 Å². The first-order valence-electron chi connectivity index (χ1n) is 9.46. The van der Waals surface area contributed by atoms with Crippen LogP contribution in [0.2, 0.25) is 5.02 Å². The third-order valence-electron chi connectivity index (χ3n) is 4.89. The van der Waals surface area contributed by atoms with E-state index in [2.05, 4.69) is 10.3 Å². The fourth-order valence-corrected chi connectivity index (χ4v) is 3.36. The number of ether oxygens (including phenoxy) is 1. The lowest BCUT2D eigenvalue weighted by Crippen LogP contribution is -2.39. The number of nitro groups is 1. The third kappa shape index (κ3) is 5.24. The molecule has 9 nitrogen and oxygen atoms in total. The highest BCUT2D eigenvalue weighted by molar-refractivity contribution is 6.30. The van der Waals surface area contributed by atoms with E-state index in [1.165, 1.54) is 19.2 Å². The Bertz CT molecular complexity index is 929. The number of nitro benzene ring substituents is 1. The molecule has 1 aromatic heterocycles. The van der Waals surface area contributed by atoms with Crippen LogP contribution in [0.4, 0.5) is 17.2 Å². The van der Waals surface area contributed by atoms with Gasteiger partial charge >= 0.3 is 5.97 Å². The van der Waals surface area contributed by atoms with Gasteiger partial charge in [-0.15, -0.1) is 0 Å². The number of carbonyl (C=O) groups excluding carboxylic acids is 2. The largest absolute Gasteiger partial charge is 0.452 e. The number of halogens is 1. The van der Waals surface area contributed by atoms with Crippen LogP contribution in [-0.2, 0) is 14.3 Å². The molecule has 1 amide bonds. The number of amides is 1. The van der Waals surface area contributed by atoms with Gasteiger partial charge in [0.25, 0.3) is 11.6 Å². The van der Waals surface area contributed by atoms with Crippen molar-refractivity contribution in [3.05, 3.63) is 57.7 Å². The number of esters is 1. The number of piperidine rings is 1. The number of anilines is 2. The van der Waals surface area contributed by atoms with Crippen LogP contribution >= 0.6 is 11.6 Å². The molecule has 30 heavy (non-hydrogen) atoms. The molecule has 1 N–H and O–H groups in total. The molecule has 1 unspecified atom stereocenters. The SMILES string of the molecule is CC(OC(=O)C1CCN(c2ccccc2[N+](=O)[O-])CC1)C(=O)Nc1ccc(Cl)cn1. The van der Waals surface area contributed by atoms with Gasteiger partial charge in [0.1, 0.15) is 11.5 Å². The molecule has 2 aromatic rings. The number of hydrogen-bond acceptors (Lipinski definition) is 7. The van der Waals surface area contributed by atoms with Crippen molar-refractivity contribution < 1.29 is 19.2 Å². The molecule has 0 saturated carbocycles.